The summed E-state index contributed by atoms with van der Waals surface area (Å²) in [6, 6.07) is 62.3. The zero-order valence-electron chi connectivity index (χ0n) is 54.3. The fourth-order valence-corrected chi connectivity index (χ4v) is 15.7. The summed E-state index contributed by atoms with van der Waals surface area (Å²) in [4.78, 5) is 5.23. The first-order chi connectivity index (χ1) is 40.4. The van der Waals surface area contributed by atoms with Gasteiger partial charge in [-0.15, -0.1) is 0 Å². The number of hydrogen-bond donors (Lipinski definition) is 0. The smallest absolute Gasteiger partial charge is 0.333 e. The minimum Gasteiger partial charge on any atom is -0.455 e. The van der Waals surface area contributed by atoms with E-state index < -0.39 is 0 Å². The number of fused-ring (bicyclic) bond motifs is 17. The molecule has 4 heterocycles. The highest BCUT2D eigenvalue weighted by Crippen LogP contribution is 2.59. The van der Waals surface area contributed by atoms with Crippen molar-refractivity contribution in [3.05, 3.63) is 202 Å². The quantitative estimate of drug-likeness (QED) is 0.164. The second kappa shape index (κ2) is 17.7. The Morgan fingerprint density at radius 1 is 0.453 bits per heavy atom. The molecule has 5 heteroatoms. The Bertz CT molecular complexity index is 4630. The minimum atomic E-state index is -0.258. The molecule has 9 aromatic carbocycles. The van der Waals surface area contributed by atoms with E-state index in [1.807, 2.05) is 0 Å². The van der Waals surface area contributed by atoms with Crippen LogP contribution in [-0.4, -0.2) is 11.4 Å². The maximum absolute atomic E-state index is 7.49. The predicted molar refractivity (Wildman–Crippen MR) is 369 cm³/mol. The van der Waals surface area contributed by atoms with Crippen LogP contribution in [0.5, 0.6) is 0 Å². The van der Waals surface area contributed by atoms with Gasteiger partial charge in [-0.05, 0) is 202 Å². The van der Waals surface area contributed by atoms with Crippen molar-refractivity contribution in [3.63, 3.8) is 0 Å². The molecular weight excluding hydrogens is 1040 g/mol. The zero-order chi connectivity index (χ0) is 60.5. The summed E-state index contributed by atoms with van der Waals surface area (Å²) in [7, 11) is 0. The van der Waals surface area contributed by atoms with E-state index in [9.17, 15) is 0 Å². The van der Waals surface area contributed by atoms with Crippen molar-refractivity contribution in [3.8, 4) is 27.9 Å². The summed E-state index contributed by atoms with van der Waals surface area (Å²) in [6.45, 7) is 42.5. The summed E-state index contributed by atoms with van der Waals surface area (Å²) in [5.41, 5.74) is 30.0. The molecule has 0 spiro atoms. The van der Waals surface area contributed by atoms with Crippen LogP contribution in [0.3, 0.4) is 0 Å². The molecule has 0 saturated heterocycles. The zero-order valence-corrected chi connectivity index (χ0v) is 54.3. The maximum atomic E-state index is 7.49. The van der Waals surface area contributed by atoms with Gasteiger partial charge in [-0.1, -0.05) is 197 Å². The normalized spacial score (nSPS) is 16.4. The molecule has 0 N–H and O–H groups in total. The van der Waals surface area contributed by atoms with Crippen molar-refractivity contribution in [2.75, 3.05) is 9.71 Å². The van der Waals surface area contributed by atoms with Crippen molar-refractivity contribution in [1.29, 1.82) is 0 Å². The lowest BCUT2D eigenvalue weighted by atomic mass is 9.43. The molecule has 432 valence electrons. The van der Waals surface area contributed by atoms with Gasteiger partial charge in [-0.25, -0.2) is 0 Å². The van der Waals surface area contributed by atoms with Crippen LogP contribution in [0.25, 0.3) is 71.7 Å². The topological polar surface area (TPSA) is 24.6 Å². The summed E-state index contributed by atoms with van der Waals surface area (Å²) in [5.74, 6) is 0. The van der Waals surface area contributed by atoms with Gasteiger partial charge in [-0.3, -0.25) is 0 Å². The maximum Gasteiger partial charge on any atom is 0.333 e. The molecule has 0 saturated carbocycles. The van der Waals surface area contributed by atoms with Crippen LogP contribution in [0.1, 0.15) is 182 Å². The van der Waals surface area contributed by atoms with E-state index in [1.165, 1.54) is 135 Å². The minimum absolute atomic E-state index is 0.0139. The summed E-state index contributed by atoms with van der Waals surface area (Å²) in [5, 5.41) is 4.75. The Balaban J connectivity index is 1.09. The number of aromatic nitrogens is 1. The molecule has 0 unspecified atom stereocenters. The lowest BCUT2D eigenvalue weighted by Gasteiger charge is -2.43. The molecule has 15 rings (SSSR count). The first kappa shape index (κ1) is 54.9. The monoisotopic (exact) mass is 1130 g/mol. The van der Waals surface area contributed by atoms with E-state index in [1.54, 1.807) is 0 Å². The average molecular weight is 1130 g/mol. The fraction of sp³-hybridized carbons (Fsp3) is 0.333. The second-order valence-corrected chi connectivity index (χ2v) is 32.1. The molecule has 0 amide bonds. The molecule has 2 aliphatic heterocycles. The molecule has 2 aromatic heterocycles. The van der Waals surface area contributed by atoms with E-state index in [0.29, 0.717) is 0 Å². The van der Waals surface area contributed by atoms with Crippen LogP contribution in [-0.2, 0) is 37.9 Å². The van der Waals surface area contributed by atoms with Gasteiger partial charge < -0.3 is 18.7 Å². The highest BCUT2D eigenvalue weighted by molar-refractivity contribution is 6.94. The molecule has 4 nitrogen and oxygen atoms in total. The van der Waals surface area contributed by atoms with Crippen molar-refractivity contribution in [1.82, 2.24) is 4.57 Å². The van der Waals surface area contributed by atoms with Gasteiger partial charge in [0.1, 0.15) is 11.2 Å². The largest absolute Gasteiger partial charge is 0.455 e. The van der Waals surface area contributed by atoms with Crippen LogP contribution >= 0.6 is 0 Å². The lowest BCUT2D eigenvalue weighted by Crippen LogP contribution is -2.60. The van der Waals surface area contributed by atoms with Crippen LogP contribution < -0.4 is 20.6 Å². The van der Waals surface area contributed by atoms with Gasteiger partial charge in [0.05, 0.1) is 16.4 Å². The Morgan fingerprint density at radius 2 is 0.977 bits per heavy atom. The number of benzene rings is 9. The summed E-state index contributed by atoms with van der Waals surface area (Å²) < 4.78 is 10.1. The van der Waals surface area contributed by atoms with Crippen LogP contribution in [0.2, 0.25) is 0 Å². The van der Waals surface area contributed by atoms with Crippen molar-refractivity contribution in [2.45, 2.75) is 175 Å². The predicted octanol–water partition coefficient (Wildman–Crippen LogP) is 21.2. The lowest BCUT2D eigenvalue weighted by molar-refractivity contribution is 0.331. The van der Waals surface area contributed by atoms with Crippen molar-refractivity contribution < 1.29 is 4.42 Å². The highest BCUT2D eigenvalue weighted by atomic mass is 16.3. The summed E-state index contributed by atoms with van der Waals surface area (Å²) in [6.07, 6.45) is 2.36. The third-order valence-electron chi connectivity index (χ3n) is 21.1. The van der Waals surface area contributed by atoms with Crippen LogP contribution in [0, 0.1) is 0 Å². The first-order valence-corrected chi connectivity index (χ1v) is 31.8. The molecule has 0 fully saturated rings. The molecule has 86 heavy (non-hydrogen) atoms. The SMILES string of the molecule is CC(C)(C)c1ccc(N2B3c4ccc(N(c5ccc(C(C)(C)C)cc5)c5ccc(C(C)(C)C)cc5)cc4-n4c5ccc(C(C)(C)C)cc5c5c6oc7ccccc7c6c(c3c54)-c3cc4c(cc32)C(C)(C)c2cc3c(cc2-4)C(C)(C)CCC3(C)C)cc1. The summed E-state index contributed by atoms with van der Waals surface area (Å²) >= 11 is 0. The van der Waals surface area contributed by atoms with Gasteiger partial charge >= 0.3 is 6.85 Å². The Labute approximate surface area is 511 Å². The molecular formula is C81H84BN3O. The van der Waals surface area contributed by atoms with E-state index in [-0.39, 0.29) is 44.8 Å². The van der Waals surface area contributed by atoms with Crippen LogP contribution in [0.4, 0.5) is 28.4 Å². The molecule has 11 aromatic rings. The molecule has 0 bridgehead atoms. The Hall–Kier alpha value is -7.76. The number of rotatable bonds is 4. The number of para-hydroxylation sites is 1. The number of furan rings is 1. The van der Waals surface area contributed by atoms with Crippen molar-refractivity contribution in [2.24, 2.45) is 0 Å². The van der Waals surface area contributed by atoms with Gasteiger partial charge in [0, 0.05) is 61.3 Å². The second-order valence-electron chi connectivity index (χ2n) is 32.1. The van der Waals surface area contributed by atoms with Gasteiger partial charge in [0.15, 0.2) is 0 Å². The van der Waals surface area contributed by atoms with Crippen LogP contribution in [0.15, 0.2) is 162 Å². The van der Waals surface area contributed by atoms with E-state index >= 15 is 0 Å². The molecule has 0 radical (unpaired) electrons. The Kier molecular flexibility index (Phi) is 11.3. The van der Waals surface area contributed by atoms with Gasteiger partial charge in [0.25, 0.3) is 0 Å². The molecule has 2 aliphatic carbocycles. The average Bonchev–Trinajstić information content (AvgIpc) is 1.41. The number of hydrogen-bond acceptors (Lipinski definition) is 3. The van der Waals surface area contributed by atoms with Gasteiger partial charge in [0.2, 0.25) is 0 Å². The third-order valence-corrected chi connectivity index (χ3v) is 21.1. The molecule has 4 aliphatic rings. The van der Waals surface area contributed by atoms with E-state index in [4.69, 9.17) is 4.42 Å². The van der Waals surface area contributed by atoms with Crippen molar-refractivity contribution >= 4 is 90.0 Å². The number of nitrogens with zero attached hydrogens (tertiary/aromatic N) is 3. The van der Waals surface area contributed by atoms with Gasteiger partial charge in [-0.2, -0.15) is 0 Å². The first-order valence-electron chi connectivity index (χ1n) is 31.8. The van der Waals surface area contributed by atoms with E-state index in [0.717, 1.165) is 33.6 Å². The number of anilines is 5. The fourth-order valence-electron chi connectivity index (χ4n) is 15.7. The highest BCUT2D eigenvalue weighted by Gasteiger charge is 2.49. The third kappa shape index (κ3) is 7.87. The van der Waals surface area contributed by atoms with E-state index in [2.05, 4.69) is 297 Å². The molecule has 0 atom stereocenters. The Morgan fingerprint density at radius 3 is 1.57 bits per heavy atom. The standard InChI is InChI=1S/C81H84BN3O/c1-75(2,3)47-23-30-51(31-24-47)83(52-32-25-48(26-33-52)76(4,5)6)54-36-37-64-67(42-54)84-65-38-29-50(78(10,11)12)41-58(65)71-73(84)72-69(70-55-21-19-20-22-68(55)86-74(70)71)59-43-56-57-44-62-63(80(15,16)40-39-79(62,13)14)45-60(57)81(17,18)61(56)46-66(59)85(82(64)72)53-34-27-49(28-35-53)77(7,8)9/h19-38,41-46H,39-40H2,1-18H3.